The third-order valence-electron chi connectivity index (χ3n) is 2.87. The van der Waals surface area contributed by atoms with Gasteiger partial charge >= 0.3 is 0 Å². The van der Waals surface area contributed by atoms with Gasteiger partial charge in [-0.15, -0.1) is 28.7 Å². The number of thioether (sulfide) groups is 1. The van der Waals surface area contributed by atoms with Crippen LogP contribution in [0.1, 0.15) is 36.0 Å². The Balaban J connectivity index is 0.00000180. The highest BCUT2D eigenvalue weighted by Crippen LogP contribution is 2.18. The molecule has 0 unspecified atom stereocenters. The molecule has 5 heteroatoms. The average Bonchev–Trinajstić information content (AvgIpc) is 2.65. The number of Topliss-reactive ketones (excluding diaryl/α,β-unsaturated/α-hetero) is 1. The van der Waals surface area contributed by atoms with Crippen LogP contribution < -0.4 is 0 Å². The minimum atomic E-state index is 0. The number of nitrogens with zero attached hydrogens (tertiary/aromatic N) is 1. The molecule has 104 valence electrons. The molecule has 0 spiro atoms. The maximum Gasteiger partial charge on any atom is 0.173 e. The summed E-state index contributed by atoms with van der Waals surface area (Å²) in [7, 11) is 0. The van der Waals surface area contributed by atoms with Gasteiger partial charge in [0.05, 0.1) is 10.8 Å². The highest BCUT2D eigenvalue weighted by Gasteiger charge is 2.10. The van der Waals surface area contributed by atoms with Gasteiger partial charge in [-0.25, -0.2) is 0 Å². The molecular weight excluding hydrogens is 390 g/mol. The Bertz CT molecular complexity index is 445. The maximum absolute atomic E-state index is 12.0. The first kappa shape index (κ1) is 16.9. The van der Waals surface area contributed by atoms with E-state index in [1.54, 1.807) is 11.8 Å². The SMILES string of the molecule is Br.O=C(CSC1=NCCCCC1)c1ccc(Br)cc1. The van der Waals surface area contributed by atoms with Crippen LogP contribution in [0, 0.1) is 0 Å². The minimum Gasteiger partial charge on any atom is -0.293 e. The highest BCUT2D eigenvalue weighted by atomic mass is 79.9. The molecule has 1 aliphatic rings. The molecule has 0 N–H and O–H groups in total. The van der Waals surface area contributed by atoms with Crippen LogP contribution in [0.3, 0.4) is 0 Å². The molecule has 2 rings (SSSR count). The van der Waals surface area contributed by atoms with Crippen molar-refractivity contribution in [2.75, 3.05) is 12.3 Å². The number of carbonyl (C=O) groups is 1. The van der Waals surface area contributed by atoms with Crippen molar-refractivity contribution in [3.05, 3.63) is 34.3 Å². The quantitative estimate of drug-likeness (QED) is 0.667. The van der Waals surface area contributed by atoms with Crippen molar-refractivity contribution in [3.63, 3.8) is 0 Å². The first-order valence-corrected chi connectivity index (χ1v) is 7.98. The number of carbonyl (C=O) groups excluding carboxylic acids is 1. The second kappa shape index (κ2) is 8.93. The van der Waals surface area contributed by atoms with Gasteiger partial charge in [0, 0.05) is 16.6 Å². The number of aliphatic imine (C=N–C) groups is 1. The Morgan fingerprint density at radius 3 is 2.68 bits per heavy atom. The van der Waals surface area contributed by atoms with Gasteiger partial charge in [0.1, 0.15) is 0 Å². The van der Waals surface area contributed by atoms with E-state index in [1.807, 2.05) is 24.3 Å². The lowest BCUT2D eigenvalue weighted by molar-refractivity contribution is 0.102. The number of benzene rings is 1. The summed E-state index contributed by atoms with van der Waals surface area (Å²) >= 11 is 4.98. The van der Waals surface area contributed by atoms with Crippen molar-refractivity contribution in [1.82, 2.24) is 0 Å². The van der Waals surface area contributed by atoms with Crippen molar-refractivity contribution >= 4 is 55.5 Å². The summed E-state index contributed by atoms with van der Waals surface area (Å²) in [5.74, 6) is 0.681. The summed E-state index contributed by atoms with van der Waals surface area (Å²) in [4.78, 5) is 16.5. The van der Waals surface area contributed by atoms with E-state index in [4.69, 9.17) is 0 Å². The molecular formula is C14H17Br2NOS. The molecule has 2 nitrogen and oxygen atoms in total. The van der Waals surface area contributed by atoms with Crippen LogP contribution in [-0.2, 0) is 0 Å². The molecule has 19 heavy (non-hydrogen) atoms. The second-order valence-corrected chi connectivity index (χ2v) is 6.27. The van der Waals surface area contributed by atoms with E-state index in [1.165, 1.54) is 19.3 Å². The lowest BCUT2D eigenvalue weighted by Crippen LogP contribution is -2.05. The molecule has 1 aliphatic heterocycles. The Labute approximate surface area is 137 Å². The Kier molecular flexibility index (Phi) is 7.95. The molecule has 0 saturated heterocycles. The number of ketones is 1. The van der Waals surface area contributed by atoms with Gasteiger partial charge in [-0.2, -0.15) is 0 Å². The van der Waals surface area contributed by atoms with Gasteiger partial charge < -0.3 is 0 Å². The summed E-state index contributed by atoms with van der Waals surface area (Å²) in [5.41, 5.74) is 0.778. The Hall–Kier alpha value is -0.130. The zero-order chi connectivity index (χ0) is 12.8. The summed E-state index contributed by atoms with van der Waals surface area (Å²) in [5, 5.41) is 1.15. The van der Waals surface area contributed by atoms with Gasteiger partial charge in [0.2, 0.25) is 0 Å². The lowest BCUT2D eigenvalue weighted by Gasteiger charge is -2.03. The molecule has 1 aromatic rings. The van der Waals surface area contributed by atoms with Crippen LogP contribution in [0.15, 0.2) is 33.7 Å². The predicted octanol–water partition coefficient (Wildman–Crippen LogP) is 4.92. The first-order chi connectivity index (χ1) is 8.75. The largest absolute Gasteiger partial charge is 0.293 e. The minimum absolute atomic E-state index is 0. The third kappa shape index (κ3) is 5.79. The number of hydrogen-bond acceptors (Lipinski definition) is 3. The maximum atomic E-state index is 12.0. The molecule has 1 heterocycles. The van der Waals surface area contributed by atoms with E-state index in [9.17, 15) is 4.79 Å². The Morgan fingerprint density at radius 2 is 1.95 bits per heavy atom. The highest BCUT2D eigenvalue weighted by molar-refractivity contribution is 9.10. The Morgan fingerprint density at radius 1 is 1.21 bits per heavy atom. The summed E-state index contributed by atoms with van der Waals surface area (Å²) in [6, 6.07) is 7.53. The van der Waals surface area contributed by atoms with Gasteiger partial charge in [-0.05, 0) is 31.4 Å². The van der Waals surface area contributed by atoms with Crippen molar-refractivity contribution in [2.45, 2.75) is 25.7 Å². The molecule has 0 bridgehead atoms. The normalized spacial score (nSPS) is 15.1. The molecule has 0 fully saturated rings. The predicted molar refractivity (Wildman–Crippen MR) is 92.0 cm³/mol. The topological polar surface area (TPSA) is 29.4 Å². The van der Waals surface area contributed by atoms with Crippen molar-refractivity contribution in [1.29, 1.82) is 0 Å². The van der Waals surface area contributed by atoms with Gasteiger partial charge in [0.15, 0.2) is 5.78 Å². The standard InChI is InChI=1S/C14H16BrNOS.BrH/c15-12-7-5-11(6-8-12)13(17)10-18-14-4-2-1-3-9-16-14;/h5-8H,1-4,9-10H2;1H. The van der Waals surface area contributed by atoms with Gasteiger partial charge in [-0.3, -0.25) is 9.79 Å². The summed E-state index contributed by atoms with van der Waals surface area (Å²) in [6.07, 6.45) is 4.69. The van der Waals surface area contributed by atoms with E-state index in [-0.39, 0.29) is 22.8 Å². The zero-order valence-corrected chi connectivity index (χ0v) is 14.7. The molecule has 0 atom stereocenters. The van der Waals surface area contributed by atoms with Crippen molar-refractivity contribution in [3.8, 4) is 0 Å². The van der Waals surface area contributed by atoms with Crippen LogP contribution >= 0.6 is 44.7 Å². The van der Waals surface area contributed by atoms with E-state index in [0.717, 1.165) is 28.0 Å². The van der Waals surface area contributed by atoms with Gasteiger partial charge in [0.25, 0.3) is 0 Å². The van der Waals surface area contributed by atoms with Crippen LogP contribution in [0.25, 0.3) is 0 Å². The van der Waals surface area contributed by atoms with Crippen LogP contribution in [0.2, 0.25) is 0 Å². The fraction of sp³-hybridized carbons (Fsp3) is 0.429. The summed E-state index contributed by atoms with van der Waals surface area (Å²) in [6.45, 7) is 0.925. The monoisotopic (exact) mass is 405 g/mol. The summed E-state index contributed by atoms with van der Waals surface area (Å²) < 4.78 is 1.000. The first-order valence-electron chi connectivity index (χ1n) is 6.20. The fourth-order valence-electron chi connectivity index (χ4n) is 1.83. The molecule has 0 amide bonds. The van der Waals surface area contributed by atoms with Crippen molar-refractivity contribution in [2.24, 2.45) is 4.99 Å². The van der Waals surface area contributed by atoms with Crippen LogP contribution in [0.5, 0.6) is 0 Å². The lowest BCUT2D eigenvalue weighted by atomic mass is 10.2. The number of hydrogen-bond donors (Lipinski definition) is 0. The zero-order valence-electron chi connectivity index (χ0n) is 10.6. The second-order valence-electron chi connectivity index (χ2n) is 4.30. The average molecular weight is 407 g/mol. The van der Waals surface area contributed by atoms with E-state index < -0.39 is 0 Å². The molecule has 0 saturated carbocycles. The smallest absolute Gasteiger partial charge is 0.173 e. The fourth-order valence-corrected chi connectivity index (χ4v) is 3.03. The number of rotatable bonds is 3. The van der Waals surface area contributed by atoms with Crippen LogP contribution in [0.4, 0.5) is 0 Å². The third-order valence-corrected chi connectivity index (χ3v) is 4.47. The van der Waals surface area contributed by atoms with E-state index >= 15 is 0 Å². The van der Waals surface area contributed by atoms with Crippen LogP contribution in [-0.4, -0.2) is 23.1 Å². The molecule has 0 radical (unpaired) electrons. The molecule has 0 aromatic heterocycles. The van der Waals surface area contributed by atoms with Crippen molar-refractivity contribution < 1.29 is 4.79 Å². The molecule has 1 aromatic carbocycles. The van der Waals surface area contributed by atoms with Gasteiger partial charge in [-0.1, -0.05) is 34.5 Å². The number of halogens is 2. The molecule has 0 aliphatic carbocycles. The van der Waals surface area contributed by atoms with E-state index in [0.29, 0.717) is 5.75 Å². The van der Waals surface area contributed by atoms with E-state index in [2.05, 4.69) is 20.9 Å².